The van der Waals surface area contributed by atoms with E-state index in [-0.39, 0.29) is 28.9 Å². The predicted octanol–water partition coefficient (Wildman–Crippen LogP) is 3.16. The summed E-state index contributed by atoms with van der Waals surface area (Å²) in [6, 6.07) is 12.9. The molecule has 0 amide bonds. The average Bonchev–Trinajstić information content (AvgIpc) is 2.80. The molecule has 4 rings (SSSR count). The van der Waals surface area contributed by atoms with Crippen LogP contribution in [0.5, 0.6) is 0 Å². The summed E-state index contributed by atoms with van der Waals surface area (Å²) >= 11 is 0. The Bertz CT molecular complexity index is 1510. The minimum absolute atomic E-state index is 0.0208. The van der Waals surface area contributed by atoms with Crippen LogP contribution in [-0.2, 0) is 20.0 Å². The van der Waals surface area contributed by atoms with E-state index in [1.54, 1.807) is 74.9 Å². The Kier molecular flexibility index (Phi) is 6.44. The number of nitrogens with one attached hydrogen (secondary N) is 1. The second-order valence-corrected chi connectivity index (χ2v) is 11.4. The average molecular weight is 485 g/mol. The third kappa shape index (κ3) is 4.60. The van der Waals surface area contributed by atoms with Gasteiger partial charge in [0.25, 0.3) is 0 Å². The standard InChI is InChI=1S/C23H24N4O4S2/c1-17(2)27(33(30,31)23-8-4-6-19-16-25-12-10-21(19)23)14-13-26-32(28,29)22-7-3-5-18-15-24-11-9-20(18)22/h3-12,15-17,26H,13-14H2,1-2H3. The van der Waals surface area contributed by atoms with Gasteiger partial charge in [0.05, 0.1) is 9.79 Å². The lowest BCUT2D eigenvalue weighted by molar-refractivity contribution is 0.357. The third-order valence-electron chi connectivity index (χ3n) is 5.36. The fourth-order valence-electron chi connectivity index (χ4n) is 3.80. The molecule has 4 aromatic rings. The molecule has 10 heteroatoms. The summed E-state index contributed by atoms with van der Waals surface area (Å²) in [5.74, 6) is 0. The maximum atomic E-state index is 13.5. The van der Waals surface area contributed by atoms with Crippen LogP contribution < -0.4 is 4.72 Å². The summed E-state index contributed by atoms with van der Waals surface area (Å²) in [6.45, 7) is 3.42. The number of fused-ring (bicyclic) bond motifs is 2. The Morgan fingerprint density at radius 1 is 0.818 bits per heavy atom. The van der Waals surface area contributed by atoms with Crippen molar-refractivity contribution < 1.29 is 16.8 Å². The maximum Gasteiger partial charge on any atom is 0.243 e. The first-order chi connectivity index (χ1) is 15.7. The van der Waals surface area contributed by atoms with Gasteiger partial charge >= 0.3 is 0 Å². The highest BCUT2D eigenvalue weighted by Gasteiger charge is 2.29. The molecule has 172 valence electrons. The first-order valence-electron chi connectivity index (χ1n) is 10.4. The molecule has 0 saturated carbocycles. The molecule has 0 aliphatic rings. The van der Waals surface area contributed by atoms with Crippen molar-refractivity contribution in [3.05, 3.63) is 73.3 Å². The molecule has 0 spiro atoms. The van der Waals surface area contributed by atoms with Gasteiger partial charge in [0.1, 0.15) is 0 Å². The van der Waals surface area contributed by atoms with Gasteiger partial charge in [-0.1, -0.05) is 24.3 Å². The Morgan fingerprint density at radius 2 is 1.36 bits per heavy atom. The summed E-state index contributed by atoms with van der Waals surface area (Å²) in [5.41, 5.74) is 0. The Labute approximate surface area is 193 Å². The van der Waals surface area contributed by atoms with Crippen molar-refractivity contribution in [3.8, 4) is 0 Å². The zero-order valence-electron chi connectivity index (χ0n) is 18.2. The van der Waals surface area contributed by atoms with E-state index in [1.807, 2.05) is 0 Å². The number of sulfonamides is 2. The van der Waals surface area contributed by atoms with Gasteiger partial charge in [-0.2, -0.15) is 4.31 Å². The van der Waals surface area contributed by atoms with Gasteiger partial charge in [0.15, 0.2) is 0 Å². The van der Waals surface area contributed by atoms with E-state index in [9.17, 15) is 16.8 Å². The summed E-state index contributed by atoms with van der Waals surface area (Å²) in [5, 5.41) is 2.55. The van der Waals surface area contributed by atoms with Crippen molar-refractivity contribution in [3.63, 3.8) is 0 Å². The molecule has 0 radical (unpaired) electrons. The minimum Gasteiger partial charge on any atom is -0.264 e. The molecule has 0 atom stereocenters. The maximum absolute atomic E-state index is 13.5. The quantitative estimate of drug-likeness (QED) is 0.411. The fourth-order valence-corrected chi connectivity index (χ4v) is 6.90. The highest BCUT2D eigenvalue weighted by atomic mass is 32.2. The number of nitrogens with zero attached hydrogens (tertiary/aromatic N) is 3. The smallest absolute Gasteiger partial charge is 0.243 e. The van der Waals surface area contributed by atoms with Crippen molar-refractivity contribution in [2.24, 2.45) is 0 Å². The number of hydrogen-bond donors (Lipinski definition) is 1. The normalized spacial score (nSPS) is 12.7. The summed E-state index contributed by atoms with van der Waals surface area (Å²) in [4.78, 5) is 8.37. The zero-order valence-corrected chi connectivity index (χ0v) is 19.8. The summed E-state index contributed by atoms with van der Waals surface area (Å²) in [7, 11) is -7.74. The number of benzene rings is 2. The molecular formula is C23H24N4O4S2. The highest BCUT2D eigenvalue weighted by molar-refractivity contribution is 7.90. The number of rotatable bonds is 8. The molecule has 0 saturated heterocycles. The van der Waals surface area contributed by atoms with E-state index in [1.165, 1.54) is 16.6 Å². The van der Waals surface area contributed by atoms with Gasteiger partial charge in [-0.05, 0) is 38.1 Å². The molecule has 33 heavy (non-hydrogen) atoms. The SMILES string of the molecule is CC(C)N(CCNS(=O)(=O)c1cccc2cnccc12)S(=O)(=O)c1cccc2cnccc12. The first-order valence-corrected chi connectivity index (χ1v) is 13.3. The van der Waals surface area contributed by atoms with Crippen LogP contribution in [0.3, 0.4) is 0 Å². The zero-order chi connectivity index (χ0) is 23.6. The molecule has 0 aliphatic carbocycles. The lowest BCUT2D eigenvalue weighted by atomic mass is 10.2. The van der Waals surface area contributed by atoms with E-state index in [0.29, 0.717) is 21.5 Å². The van der Waals surface area contributed by atoms with Gasteiger partial charge in [-0.15, -0.1) is 0 Å². The largest absolute Gasteiger partial charge is 0.264 e. The Hall–Kier alpha value is -2.92. The van der Waals surface area contributed by atoms with Crippen LogP contribution in [0.4, 0.5) is 0 Å². The van der Waals surface area contributed by atoms with Crippen LogP contribution in [0.15, 0.2) is 83.1 Å². The van der Waals surface area contributed by atoms with E-state index >= 15 is 0 Å². The van der Waals surface area contributed by atoms with Crippen molar-refractivity contribution in [2.45, 2.75) is 29.7 Å². The van der Waals surface area contributed by atoms with Crippen LogP contribution >= 0.6 is 0 Å². The summed E-state index contributed by atoms with van der Waals surface area (Å²) < 4.78 is 56.8. The lowest BCUT2D eigenvalue weighted by Gasteiger charge is -2.26. The van der Waals surface area contributed by atoms with Crippen LogP contribution in [0.1, 0.15) is 13.8 Å². The molecule has 8 nitrogen and oxygen atoms in total. The minimum atomic E-state index is -3.88. The van der Waals surface area contributed by atoms with Gasteiger partial charge in [-0.25, -0.2) is 21.6 Å². The molecule has 2 aromatic heterocycles. The molecule has 0 unspecified atom stereocenters. The molecule has 0 bridgehead atoms. The molecule has 1 N–H and O–H groups in total. The number of hydrogen-bond acceptors (Lipinski definition) is 6. The highest BCUT2D eigenvalue weighted by Crippen LogP contribution is 2.26. The van der Waals surface area contributed by atoms with Crippen molar-refractivity contribution in [1.29, 1.82) is 0 Å². The summed E-state index contributed by atoms with van der Waals surface area (Å²) in [6.07, 6.45) is 6.30. The molecule has 2 aromatic carbocycles. The lowest BCUT2D eigenvalue weighted by Crippen LogP contribution is -2.42. The number of aromatic nitrogens is 2. The van der Waals surface area contributed by atoms with Gasteiger partial charge < -0.3 is 0 Å². The van der Waals surface area contributed by atoms with Gasteiger partial charge in [-0.3, -0.25) is 9.97 Å². The van der Waals surface area contributed by atoms with E-state index in [2.05, 4.69) is 14.7 Å². The number of pyridine rings is 2. The van der Waals surface area contributed by atoms with Gasteiger partial charge in [0.2, 0.25) is 20.0 Å². The van der Waals surface area contributed by atoms with Gasteiger partial charge in [0, 0.05) is 65.5 Å². The molecule has 0 aliphatic heterocycles. The second kappa shape index (κ2) is 9.14. The third-order valence-corrected chi connectivity index (χ3v) is 9.01. The second-order valence-electron chi connectivity index (χ2n) is 7.81. The molecule has 2 heterocycles. The molecular weight excluding hydrogens is 460 g/mol. The van der Waals surface area contributed by atoms with E-state index in [0.717, 1.165) is 0 Å². The van der Waals surface area contributed by atoms with Crippen LogP contribution in [0.25, 0.3) is 21.5 Å². The Balaban J connectivity index is 1.59. The monoisotopic (exact) mass is 484 g/mol. The van der Waals surface area contributed by atoms with Crippen molar-refractivity contribution >= 4 is 41.6 Å². The van der Waals surface area contributed by atoms with E-state index in [4.69, 9.17) is 0 Å². The van der Waals surface area contributed by atoms with Crippen LogP contribution in [0.2, 0.25) is 0 Å². The van der Waals surface area contributed by atoms with E-state index < -0.39 is 20.0 Å². The first kappa shape index (κ1) is 23.2. The van der Waals surface area contributed by atoms with Crippen molar-refractivity contribution in [2.75, 3.05) is 13.1 Å². The Morgan fingerprint density at radius 3 is 1.94 bits per heavy atom. The van der Waals surface area contributed by atoms with Crippen LogP contribution in [0, 0.1) is 0 Å². The van der Waals surface area contributed by atoms with Crippen LogP contribution in [-0.4, -0.2) is 50.2 Å². The molecule has 0 fully saturated rings. The fraction of sp³-hybridized carbons (Fsp3) is 0.217. The van der Waals surface area contributed by atoms with Crippen molar-refractivity contribution in [1.82, 2.24) is 19.0 Å². The predicted molar refractivity (Wildman–Crippen MR) is 128 cm³/mol. The topological polar surface area (TPSA) is 109 Å².